The van der Waals surface area contributed by atoms with Gasteiger partial charge in [0.15, 0.2) is 0 Å². The number of hydrogen-bond acceptors (Lipinski definition) is 5. The number of carbonyl (C=O) groups is 1. The molecule has 0 bridgehead atoms. The Labute approximate surface area is 115 Å². The number of nitrogens with two attached hydrogens (primary N) is 1. The lowest BCUT2D eigenvalue weighted by atomic mass is 10.1. The topological polar surface area (TPSA) is 86.7 Å². The standard InChI is InChI=1S/C12H15N5OS/c1-8-3-4-10(9(2)7-8)17-12(14-15-16-17)19-6-5-11(13)18/h3-4,7H,5-6H2,1-2H3,(H2,13,18). The van der Waals surface area contributed by atoms with E-state index in [0.717, 1.165) is 11.3 Å². The highest BCUT2D eigenvalue weighted by molar-refractivity contribution is 7.99. The van der Waals surface area contributed by atoms with Crippen LogP contribution >= 0.6 is 11.8 Å². The van der Waals surface area contributed by atoms with Gasteiger partial charge in [-0.25, -0.2) is 0 Å². The van der Waals surface area contributed by atoms with E-state index in [9.17, 15) is 4.79 Å². The first-order chi connectivity index (χ1) is 9.08. The Bertz CT molecular complexity index is 596. The molecule has 2 aromatic rings. The average molecular weight is 277 g/mol. The van der Waals surface area contributed by atoms with Gasteiger partial charge in [-0.15, -0.1) is 5.10 Å². The smallest absolute Gasteiger partial charge is 0.218 e. The highest BCUT2D eigenvalue weighted by Gasteiger charge is 2.11. The molecule has 1 aromatic heterocycles. The molecule has 100 valence electrons. The van der Waals surface area contributed by atoms with E-state index in [1.807, 2.05) is 26.0 Å². The van der Waals surface area contributed by atoms with Crippen LogP contribution in [0.15, 0.2) is 23.4 Å². The second kappa shape index (κ2) is 5.83. The minimum absolute atomic E-state index is 0.310. The predicted octanol–water partition coefficient (Wildman–Crippen LogP) is 1.25. The summed E-state index contributed by atoms with van der Waals surface area (Å²) in [4.78, 5) is 10.7. The molecule has 0 aliphatic rings. The number of rotatable bonds is 5. The molecule has 0 aliphatic carbocycles. The van der Waals surface area contributed by atoms with Gasteiger partial charge in [0.2, 0.25) is 11.1 Å². The van der Waals surface area contributed by atoms with Gasteiger partial charge >= 0.3 is 0 Å². The number of aryl methyl sites for hydroxylation is 2. The predicted molar refractivity (Wildman–Crippen MR) is 73.2 cm³/mol. The lowest BCUT2D eigenvalue weighted by Crippen LogP contribution is -2.11. The van der Waals surface area contributed by atoms with Gasteiger partial charge < -0.3 is 5.73 Å². The van der Waals surface area contributed by atoms with E-state index >= 15 is 0 Å². The quantitative estimate of drug-likeness (QED) is 0.831. The molecule has 19 heavy (non-hydrogen) atoms. The van der Waals surface area contributed by atoms with Crippen LogP contribution in [0.1, 0.15) is 17.5 Å². The van der Waals surface area contributed by atoms with Crippen LogP contribution in [0.4, 0.5) is 0 Å². The van der Waals surface area contributed by atoms with Gasteiger partial charge in [0.25, 0.3) is 0 Å². The molecule has 1 heterocycles. The summed E-state index contributed by atoms with van der Waals surface area (Å²) < 4.78 is 1.68. The molecular weight excluding hydrogens is 262 g/mol. The molecule has 0 radical (unpaired) electrons. The Morgan fingerprint density at radius 3 is 2.89 bits per heavy atom. The van der Waals surface area contributed by atoms with E-state index in [-0.39, 0.29) is 5.91 Å². The molecule has 0 spiro atoms. The Morgan fingerprint density at radius 1 is 1.42 bits per heavy atom. The van der Waals surface area contributed by atoms with Crippen LogP contribution in [0.25, 0.3) is 5.69 Å². The first kappa shape index (κ1) is 13.5. The summed E-state index contributed by atoms with van der Waals surface area (Å²) in [5.41, 5.74) is 8.35. The second-order valence-corrected chi connectivity index (χ2v) is 5.29. The third kappa shape index (κ3) is 3.31. The van der Waals surface area contributed by atoms with Crippen molar-refractivity contribution in [3.63, 3.8) is 0 Å². The van der Waals surface area contributed by atoms with Crippen molar-refractivity contribution < 1.29 is 4.79 Å². The Morgan fingerprint density at radius 2 is 2.21 bits per heavy atom. The van der Waals surface area contributed by atoms with E-state index in [1.165, 1.54) is 17.3 Å². The molecule has 0 fully saturated rings. The zero-order valence-electron chi connectivity index (χ0n) is 10.8. The van der Waals surface area contributed by atoms with Crippen LogP contribution < -0.4 is 5.73 Å². The van der Waals surface area contributed by atoms with Crippen molar-refractivity contribution in [1.82, 2.24) is 20.2 Å². The fourth-order valence-corrected chi connectivity index (χ4v) is 2.54. The van der Waals surface area contributed by atoms with Gasteiger partial charge in [0, 0.05) is 12.2 Å². The van der Waals surface area contributed by atoms with Gasteiger partial charge in [0.05, 0.1) is 5.69 Å². The van der Waals surface area contributed by atoms with E-state index in [2.05, 4.69) is 21.6 Å². The summed E-state index contributed by atoms with van der Waals surface area (Å²) in [6.07, 6.45) is 0.310. The fourth-order valence-electron chi connectivity index (χ4n) is 1.71. The number of benzene rings is 1. The molecule has 0 aliphatic heterocycles. The van der Waals surface area contributed by atoms with Crippen molar-refractivity contribution in [3.8, 4) is 5.69 Å². The number of primary amides is 1. The first-order valence-electron chi connectivity index (χ1n) is 5.85. The van der Waals surface area contributed by atoms with Crippen molar-refractivity contribution in [2.45, 2.75) is 25.4 Å². The molecule has 2 rings (SSSR count). The lowest BCUT2D eigenvalue weighted by molar-refractivity contribution is -0.117. The highest BCUT2D eigenvalue weighted by atomic mass is 32.2. The monoisotopic (exact) mass is 277 g/mol. The second-order valence-electron chi connectivity index (χ2n) is 4.23. The van der Waals surface area contributed by atoms with Crippen molar-refractivity contribution >= 4 is 17.7 Å². The third-order valence-corrected chi connectivity index (χ3v) is 3.52. The average Bonchev–Trinajstić information content (AvgIpc) is 2.77. The maximum absolute atomic E-state index is 10.7. The van der Waals surface area contributed by atoms with E-state index in [1.54, 1.807) is 4.68 Å². The molecule has 1 amide bonds. The zero-order valence-corrected chi connectivity index (χ0v) is 11.6. The van der Waals surface area contributed by atoms with Crippen molar-refractivity contribution in [1.29, 1.82) is 0 Å². The lowest BCUT2D eigenvalue weighted by Gasteiger charge is -2.07. The molecule has 0 unspecified atom stereocenters. The Hall–Kier alpha value is -1.89. The maximum atomic E-state index is 10.7. The van der Waals surface area contributed by atoms with E-state index < -0.39 is 0 Å². The zero-order chi connectivity index (χ0) is 13.8. The Kier molecular flexibility index (Phi) is 4.16. The minimum Gasteiger partial charge on any atom is -0.370 e. The summed E-state index contributed by atoms with van der Waals surface area (Å²) in [7, 11) is 0. The number of thioether (sulfide) groups is 1. The molecular formula is C12H15N5OS. The van der Waals surface area contributed by atoms with E-state index in [0.29, 0.717) is 17.3 Å². The van der Waals surface area contributed by atoms with Gasteiger partial charge in [0.1, 0.15) is 0 Å². The highest BCUT2D eigenvalue weighted by Crippen LogP contribution is 2.21. The molecule has 0 atom stereocenters. The number of aromatic nitrogens is 4. The third-order valence-electron chi connectivity index (χ3n) is 2.60. The normalized spacial score (nSPS) is 10.6. The first-order valence-corrected chi connectivity index (χ1v) is 6.83. The molecule has 7 heteroatoms. The van der Waals surface area contributed by atoms with Crippen LogP contribution in [0, 0.1) is 13.8 Å². The van der Waals surface area contributed by atoms with Gasteiger partial charge in [-0.2, -0.15) is 4.68 Å². The number of hydrogen-bond donors (Lipinski definition) is 1. The molecule has 2 N–H and O–H groups in total. The summed E-state index contributed by atoms with van der Waals surface area (Å²) in [5, 5.41) is 12.3. The van der Waals surface area contributed by atoms with Crippen LogP contribution in [-0.4, -0.2) is 31.9 Å². The van der Waals surface area contributed by atoms with Crippen molar-refractivity contribution in [3.05, 3.63) is 29.3 Å². The van der Waals surface area contributed by atoms with Crippen molar-refractivity contribution in [2.24, 2.45) is 5.73 Å². The summed E-state index contributed by atoms with van der Waals surface area (Å²) in [6, 6.07) is 6.08. The van der Waals surface area contributed by atoms with Crippen LogP contribution in [0.2, 0.25) is 0 Å². The van der Waals surface area contributed by atoms with E-state index in [4.69, 9.17) is 5.73 Å². The molecule has 1 aromatic carbocycles. The SMILES string of the molecule is Cc1ccc(-n2nnnc2SCCC(N)=O)c(C)c1. The number of tetrazole rings is 1. The fraction of sp³-hybridized carbons (Fsp3) is 0.333. The number of amides is 1. The number of carbonyl (C=O) groups excluding carboxylic acids is 1. The summed E-state index contributed by atoms with van der Waals surface area (Å²) in [6.45, 7) is 4.06. The number of nitrogens with zero attached hydrogens (tertiary/aromatic N) is 4. The Balaban J connectivity index is 2.21. The molecule has 0 saturated carbocycles. The van der Waals surface area contributed by atoms with Gasteiger partial charge in [-0.05, 0) is 35.9 Å². The molecule has 0 saturated heterocycles. The van der Waals surface area contributed by atoms with Crippen LogP contribution in [0.3, 0.4) is 0 Å². The summed E-state index contributed by atoms with van der Waals surface area (Å²) >= 11 is 1.42. The molecule has 6 nitrogen and oxygen atoms in total. The maximum Gasteiger partial charge on any atom is 0.218 e. The van der Waals surface area contributed by atoms with Gasteiger partial charge in [-0.1, -0.05) is 29.5 Å². The van der Waals surface area contributed by atoms with Crippen LogP contribution in [-0.2, 0) is 4.79 Å². The van der Waals surface area contributed by atoms with Gasteiger partial charge in [-0.3, -0.25) is 4.79 Å². The minimum atomic E-state index is -0.321. The van der Waals surface area contributed by atoms with Crippen molar-refractivity contribution in [2.75, 3.05) is 5.75 Å². The summed E-state index contributed by atoms with van der Waals surface area (Å²) in [5.74, 6) is 0.249. The van der Waals surface area contributed by atoms with Crippen LogP contribution in [0.5, 0.6) is 0 Å². The largest absolute Gasteiger partial charge is 0.370 e.